The van der Waals surface area contributed by atoms with Crippen LogP contribution in [0.1, 0.15) is 19.4 Å². The highest BCUT2D eigenvalue weighted by Gasteiger charge is 2.47. The molecule has 0 heterocycles. The molecule has 0 spiro atoms. The molecule has 1 atom stereocenters. The highest BCUT2D eigenvalue weighted by molar-refractivity contribution is 6.33. The minimum Gasteiger partial charge on any atom is -0.319 e. The van der Waals surface area contributed by atoms with E-state index < -0.39 is 17.6 Å². The lowest BCUT2D eigenvalue weighted by molar-refractivity contribution is -0.160. The third kappa shape index (κ3) is 3.06. The molecular formula is C11H12Cl2F3N. The Kier molecular flexibility index (Phi) is 4.01. The Hall–Kier alpha value is -0.450. The third-order valence-electron chi connectivity index (χ3n) is 2.75. The molecular weight excluding hydrogens is 274 g/mol. The van der Waals surface area contributed by atoms with Gasteiger partial charge in [-0.3, -0.25) is 0 Å². The van der Waals surface area contributed by atoms with E-state index in [1.807, 2.05) is 0 Å². The normalized spacial score (nSPS) is 14.8. The number of nitrogens with two attached hydrogens (primary N) is 1. The number of hydrogen-bond donors (Lipinski definition) is 1. The number of hydrogen-bond acceptors (Lipinski definition) is 1. The van der Waals surface area contributed by atoms with Gasteiger partial charge in [-0.1, -0.05) is 37.0 Å². The van der Waals surface area contributed by atoms with Gasteiger partial charge >= 0.3 is 6.18 Å². The van der Waals surface area contributed by atoms with Crippen LogP contribution in [-0.4, -0.2) is 12.2 Å². The van der Waals surface area contributed by atoms with E-state index in [0.29, 0.717) is 5.02 Å². The molecule has 0 saturated carbocycles. The summed E-state index contributed by atoms with van der Waals surface area (Å²) in [5.41, 5.74) is 4.19. The first-order valence-electron chi connectivity index (χ1n) is 4.84. The van der Waals surface area contributed by atoms with Crippen LogP contribution in [0.4, 0.5) is 13.2 Å². The van der Waals surface area contributed by atoms with Gasteiger partial charge in [0, 0.05) is 15.5 Å². The fourth-order valence-electron chi connectivity index (χ4n) is 1.57. The molecule has 0 fully saturated rings. The maximum Gasteiger partial charge on any atom is 0.404 e. The minimum atomic E-state index is -4.49. The highest BCUT2D eigenvalue weighted by atomic mass is 35.5. The third-order valence-corrected chi connectivity index (χ3v) is 3.32. The van der Waals surface area contributed by atoms with Crippen molar-refractivity contribution in [3.63, 3.8) is 0 Å². The van der Waals surface area contributed by atoms with E-state index in [1.54, 1.807) is 0 Å². The van der Waals surface area contributed by atoms with Crippen LogP contribution in [-0.2, 0) is 5.41 Å². The molecule has 0 aliphatic carbocycles. The molecule has 1 aromatic rings. The van der Waals surface area contributed by atoms with Crippen molar-refractivity contribution in [1.82, 2.24) is 0 Å². The lowest BCUT2D eigenvalue weighted by Crippen LogP contribution is -2.51. The average Bonchev–Trinajstić information content (AvgIpc) is 2.19. The highest BCUT2D eigenvalue weighted by Crippen LogP contribution is 2.39. The zero-order valence-electron chi connectivity index (χ0n) is 9.28. The van der Waals surface area contributed by atoms with Crippen LogP contribution in [0.25, 0.3) is 0 Å². The largest absolute Gasteiger partial charge is 0.404 e. The summed E-state index contributed by atoms with van der Waals surface area (Å²) < 4.78 is 38.0. The van der Waals surface area contributed by atoms with Gasteiger partial charge in [-0.25, -0.2) is 0 Å². The summed E-state index contributed by atoms with van der Waals surface area (Å²) in [6.07, 6.45) is -4.49. The predicted octanol–water partition coefficient (Wildman–Crippen LogP) is 4.16. The van der Waals surface area contributed by atoms with Crippen LogP contribution in [0, 0.1) is 0 Å². The Bertz CT molecular complexity index is 416. The van der Waals surface area contributed by atoms with Gasteiger partial charge < -0.3 is 5.73 Å². The molecule has 0 aliphatic heterocycles. The smallest absolute Gasteiger partial charge is 0.319 e. The Labute approximate surface area is 108 Å². The summed E-state index contributed by atoms with van der Waals surface area (Å²) in [6, 6.07) is 2.38. The van der Waals surface area contributed by atoms with Gasteiger partial charge in [-0.05, 0) is 23.8 Å². The quantitative estimate of drug-likeness (QED) is 0.868. The van der Waals surface area contributed by atoms with Crippen LogP contribution >= 0.6 is 23.2 Å². The molecule has 1 nitrogen and oxygen atoms in total. The van der Waals surface area contributed by atoms with Crippen molar-refractivity contribution in [2.75, 3.05) is 0 Å². The first kappa shape index (κ1) is 14.6. The molecule has 17 heavy (non-hydrogen) atoms. The van der Waals surface area contributed by atoms with Gasteiger partial charge in [-0.15, -0.1) is 0 Å². The minimum absolute atomic E-state index is 0.221. The molecule has 1 unspecified atom stereocenters. The predicted molar refractivity (Wildman–Crippen MR) is 63.5 cm³/mol. The molecule has 0 bridgehead atoms. The Morgan fingerprint density at radius 2 is 1.71 bits per heavy atom. The summed E-state index contributed by atoms with van der Waals surface area (Å²) in [5.74, 6) is 0. The summed E-state index contributed by atoms with van der Waals surface area (Å²) in [5, 5.41) is 0.547. The Balaban J connectivity index is 3.25. The molecule has 6 heteroatoms. The summed E-state index contributed by atoms with van der Waals surface area (Å²) in [6.45, 7) is 2.78. The monoisotopic (exact) mass is 285 g/mol. The fraction of sp³-hybridized carbons (Fsp3) is 0.455. The van der Waals surface area contributed by atoms with Crippen LogP contribution in [0.2, 0.25) is 10.0 Å². The first-order valence-corrected chi connectivity index (χ1v) is 5.60. The van der Waals surface area contributed by atoms with Gasteiger partial charge in [0.15, 0.2) is 0 Å². The second-order valence-electron chi connectivity index (χ2n) is 4.37. The molecule has 1 rings (SSSR count). The summed E-state index contributed by atoms with van der Waals surface area (Å²) in [4.78, 5) is 0. The topological polar surface area (TPSA) is 26.0 Å². The molecule has 96 valence electrons. The van der Waals surface area contributed by atoms with Crippen molar-refractivity contribution >= 4 is 23.2 Å². The zero-order chi connectivity index (χ0) is 13.4. The van der Waals surface area contributed by atoms with Gasteiger partial charge in [0.25, 0.3) is 0 Å². The van der Waals surface area contributed by atoms with Crippen molar-refractivity contribution in [2.24, 2.45) is 5.73 Å². The maximum atomic E-state index is 12.7. The lowest BCUT2D eigenvalue weighted by Gasteiger charge is -2.34. The average molecular weight is 286 g/mol. The first-order chi connectivity index (χ1) is 7.56. The molecule has 0 saturated heterocycles. The van der Waals surface area contributed by atoms with Crippen molar-refractivity contribution in [1.29, 1.82) is 0 Å². The fourth-order valence-corrected chi connectivity index (χ4v) is 2.10. The molecule has 2 N–H and O–H groups in total. The second kappa shape index (κ2) is 4.67. The second-order valence-corrected chi connectivity index (χ2v) is 5.21. The van der Waals surface area contributed by atoms with Gasteiger partial charge in [0.1, 0.15) is 6.04 Å². The molecule has 0 aliphatic rings. The zero-order valence-corrected chi connectivity index (χ0v) is 10.8. The SMILES string of the molecule is CC(C)(c1cc(Cl)ccc1Cl)C(N)C(F)(F)F. The summed E-state index contributed by atoms with van der Waals surface area (Å²) >= 11 is 11.7. The van der Waals surface area contributed by atoms with Crippen molar-refractivity contribution < 1.29 is 13.2 Å². The number of alkyl halides is 3. The molecule has 0 amide bonds. The van der Waals surface area contributed by atoms with Gasteiger partial charge in [0.05, 0.1) is 0 Å². The lowest BCUT2D eigenvalue weighted by atomic mass is 9.78. The summed E-state index contributed by atoms with van der Waals surface area (Å²) in [7, 11) is 0. The number of benzene rings is 1. The maximum absolute atomic E-state index is 12.7. The van der Waals surface area contributed by atoms with E-state index in [2.05, 4.69) is 0 Å². The van der Waals surface area contributed by atoms with Crippen LogP contribution in [0.15, 0.2) is 18.2 Å². The van der Waals surface area contributed by atoms with Crippen molar-refractivity contribution in [2.45, 2.75) is 31.5 Å². The standard InChI is InChI=1S/C11H12Cl2F3N/c1-10(2,9(17)11(14,15)16)7-5-6(12)3-4-8(7)13/h3-5,9H,17H2,1-2H3. The van der Waals surface area contributed by atoms with Gasteiger partial charge in [0.2, 0.25) is 0 Å². The van der Waals surface area contributed by atoms with E-state index in [4.69, 9.17) is 28.9 Å². The van der Waals surface area contributed by atoms with E-state index in [0.717, 1.165) is 0 Å². The molecule has 0 aromatic heterocycles. The van der Waals surface area contributed by atoms with Crippen LogP contribution in [0.5, 0.6) is 0 Å². The van der Waals surface area contributed by atoms with E-state index in [-0.39, 0.29) is 10.6 Å². The van der Waals surface area contributed by atoms with Crippen molar-refractivity contribution in [3.05, 3.63) is 33.8 Å². The number of rotatable bonds is 2. The van der Waals surface area contributed by atoms with E-state index in [1.165, 1.54) is 32.0 Å². The number of halogens is 5. The molecule has 1 aromatic carbocycles. The molecule has 0 radical (unpaired) electrons. The van der Waals surface area contributed by atoms with Gasteiger partial charge in [-0.2, -0.15) is 13.2 Å². The van der Waals surface area contributed by atoms with Crippen molar-refractivity contribution in [3.8, 4) is 0 Å². The Morgan fingerprint density at radius 1 is 1.18 bits per heavy atom. The Morgan fingerprint density at radius 3 is 2.18 bits per heavy atom. The van der Waals surface area contributed by atoms with Crippen LogP contribution in [0.3, 0.4) is 0 Å². The van der Waals surface area contributed by atoms with Crippen LogP contribution < -0.4 is 5.73 Å². The van der Waals surface area contributed by atoms with E-state index >= 15 is 0 Å². The van der Waals surface area contributed by atoms with E-state index in [9.17, 15) is 13.2 Å².